The van der Waals surface area contributed by atoms with Gasteiger partial charge in [0.25, 0.3) is 5.91 Å². The van der Waals surface area contributed by atoms with Crippen LogP contribution in [0.5, 0.6) is 5.75 Å². The van der Waals surface area contributed by atoms with Crippen LogP contribution in [0.3, 0.4) is 0 Å². The number of methoxy groups -OCH3 is 1. The molecule has 3 rings (SSSR count). The molecule has 0 atom stereocenters. The molecule has 7 heteroatoms. The molecule has 0 spiro atoms. The minimum atomic E-state index is -1.09. The van der Waals surface area contributed by atoms with Crippen molar-refractivity contribution in [3.8, 4) is 5.75 Å². The summed E-state index contributed by atoms with van der Waals surface area (Å²) in [7, 11) is 1.53. The molecule has 0 saturated heterocycles. The van der Waals surface area contributed by atoms with Crippen molar-refractivity contribution in [2.45, 2.75) is 0 Å². The van der Waals surface area contributed by atoms with Gasteiger partial charge in [0.1, 0.15) is 5.75 Å². The minimum Gasteiger partial charge on any atom is -0.496 e. The van der Waals surface area contributed by atoms with Gasteiger partial charge < -0.3 is 14.8 Å². The van der Waals surface area contributed by atoms with E-state index in [4.69, 9.17) is 9.47 Å². The lowest BCUT2D eigenvalue weighted by Gasteiger charge is -2.10. The Kier molecular flexibility index (Phi) is 5.30. The molecule has 0 heterocycles. The first-order valence-electron chi connectivity index (χ1n) is 7.97. The van der Waals surface area contributed by atoms with Crippen LogP contribution in [0.2, 0.25) is 0 Å². The van der Waals surface area contributed by atoms with Crippen LogP contribution in [-0.4, -0.2) is 25.6 Å². The van der Waals surface area contributed by atoms with E-state index in [9.17, 15) is 18.4 Å². The number of amides is 1. The monoisotopic (exact) mass is 371 g/mol. The molecule has 0 aliphatic heterocycles. The highest BCUT2D eigenvalue weighted by molar-refractivity contribution is 6.07. The summed E-state index contributed by atoms with van der Waals surface area (Å²) in [6.07, 6.45) is 0. The molecule has 0 bridgehead atoms. The molecule has 0 fully saturated rings. The first-order chi connectivity index (χ1) is 13.0. The Hall–Kier alpha value is -3.48. The lowest BCUT2D eigenvalue weighted by atomic mass is 10.0. The molecule has 1 N–H and O–H groups in total. The maximum atomic E-state index is 13.2. The Bertz CT molecular complexity index is 1020. The molecule has 0 unspecified atom stereocenters. The standard InChI is InChI=1S/C20H15F2NO4/c1-26-18-9-7-15(13-4-2-3-5-14(13)18)20(25)27-11-19(24)23-12-6-8-16(21)17(22)10-12/h2-10H,11H2,1H3,(H,23,24). The van der Waals surface area contributed by atoms with E-state index in [0.717, 1.165) is 17.5 Å². The Morgan fingerprint density at radius 1 is 0.963 bits per heavy atom. The van der Waals surface area contributed by atoms with Crippen molar-refractivity contribution in [1.82, 2.24) is 0 Å². The SMILES string of the molecule is COc1ccc(C(=O)OCC(=O)Nc2ccc(F)c(F)c2)c2ccccc12. The van der Waals surface area contributed by atoms with Crippen molar-refractivity contribution in [1.29, 1.82) is 0 Å². The van der Waals surface area contributed by atoms with Crippen LogP contribution in [0.1, 0.15) is 10.4 Å². The number of carbonyl (C=O) groups is 2. The molecule has 1 amide bonds. The normalized spacial score (nSPS) is 10.5. The average molecular weight is 371 g/mol. The Balaban J connectivity index is 1.70. The maximum Gasteiger partial charge on any atom is 0.339 e. The van der Waals surface area contributed by atoms with Gasteiger partial charge in [0.15, 0.2) is 18.2 Å². The number of halogens is 2. The Labute approximate surface area is 153 Å². The van der Waals surface area contributed by atoms with E-state index >= 15 is 0 Å². The second-order valence-corrected chi connectivity index (χ2v) is 5.61. The summed E-state index contributed by atoms with van der Waals surface area (Å²) in [5.41, 5.74) is 0.344. The van der Waals surface area contributed by atoms with Crippen molar-refractivity contribution >= 4 is 28.3 Å². The number of hydrogen-bond donors (Lipinski definition) is 1. The summed E-state index contributed by atoms with van der Waals surface area (Å²) in [4.78, 5) is 24.2. The molecule has 0 aliphatic rings. The fourth-order valence-corrected chi connectivity index (χ4v) is 2.61. The van der Waals surface area contributed by atoms with Gasteiger partial charge in [-0.25, -0.2) is 13.6 Å². The molecular weight excluding hydrogens is 356 g/mol. The number of rotatable bonds is 5. The molecule has 0 radical (unpaired) electrons. The zero-order valence-electron chi connectivity index (χ0n) is 14.3. The zero-order valence-corrected chi connectivity index (χ0v) is 14.3. The van der Waals surface area contributed by atoms with Gasteiger partial charge in [0.2, 0.25) is 0 Å². The number of benzene rings is 3. The van der Waals surface area contributed by atoms with Crippen molar-refractivity contribution in [2.24, 2.45) is 0 Å². The molecule has 27 heavy (non-hydrogen) atoms. The average Bonchev–Trinajstić information content (AvgIpc) is 2.68. The lowest BCUT2D eigenvalue weighted by Crippen LogP contribution is -2.21. The smallest absolute Gasteiger partial charge is 0.339 e. The van der Waals surface area contributed by atoms with E-state index in [2.05, 4.69) is 5.32 Å². The Morgan fingerprint density at radius 2 is 1.70 bits per heavy atom. The van der Waals surface area contributed by atoms with E-state index in [1.54, 1.807) is 30.3 Å². The fourth-order valence-electron chi connectivity index (χ4n) is 2.61. The van der Waals surface area contributed by atoms with Gasteiger partial charge in [-0.2, -0.15) is 0 Å². The van der Waals surface area contributed by atoms with Gasteiger partial charge in [0.05, 0.1) is 12.7 Å². The summed E-state index contributed by atoms with van der Waals surface area (Å²) in [6.45, 7) is -0.571. The molecule has 0 aliphatic carbocycles. The molecule has 0 saturated carbocycles. The van der Waals surface area contributed by atoms with E-state index in [-0.39, 0.29) is 11.3 Å². The summed E-state index contributed by atoms with van der Waals surface area (Å²) in [5, 5.41) is 3.69. The van der Waals surface area contributed by atoms with Crippen LogP contribution in [0.15, 0.2) is 54.6 Å². The zero-order chi connectivity index (χ0) is 19.4. The third kappa shape index (κ3) is 4.03. The van der Waals surface area contributed by atoms with Gasteiger partial charge in [-0.3, -0.25) is 4.79 Å². The number of anilines is 1. The van der Waals surface area contributed by atoms with Gasteiger partial charge in [-0.1, -0.05) is 24.3 Å². The molecule has 5 nitrogen and oxygen atoms in total. The lowest BCUT2D eigenvalue weighted by molar-refractivity contribution is -0.119. The quantitative estimate of drug-likeness (QED) is 0.691. The van der Waals surface area contributed by atoms with Gasteiger partial charge in [-0.05, 0) is 29.7 Å². The van der Waals surface area contributed by atoms with Gasteiger partial charge in [-0.15, -0.1) is 0 Å². The maximum absolute atomic E-state index is 13.2. The highest BCUT2D eigenvalue weighted by Gasteiger charge is 2.15. The predicted molar refractivity (Wildman–Crippen MR) is 95.8 cm³/mol. The van der Waals surface area contributed by atoms with Crippen molar-refractivity contribution < 1.29 is 27.8 Å². The minimum absolute atomic E-state index is 0.0600. The molecule has 0 aromatic heterocycles. The molecule has 138 valence electrons. The predicted octanol–water partition coefficient (Wildman–Crippen LogP) is 3.92. The second kappa shape index (κ2) is 7.82. The Morgan fingerprint density at radius 3 is 2.41 bits per heavy atom. The van der Waals surface area contributed by atoms with Crippen LogP contribution < -0.4 is 10.1 Å². The van der Waals surface area contributed by atoms with Crippen LogP contribution >= 0.6 is 0 Å². The third-order valence-electron chi connectivity index (χ3n) is 3.86. The highest BCUT2D eigenvalue weighted by Crippen LogP contribution is 2.28. The fraction of sp³-hybridized carbons (Fsp3) is 0.100. The van der Waals surface area contributed by atoms with E-state index < -0.39 is 30.1 Å². The summed E-state index contributed by atoms with van der Waals surface area (Å²) < 4.78 is 36.4. The van der Waals surface area contributed by atoms with Crippen LogP contribution in [-0.2, 0) is 9.53 Å². The number of carbonyl (C=O) groups excluding carboxylic acids is 2. The van der Waals surface area contributed by atoms with Crippen LogP contribution in [0, 0.1) is 11.6 Å². The first kappa shape index (κ1) is 18.3. The summed E-state index contributed by atoms with van der Waals surface area (Å²) in [5.74, 6) is -2.86. The number of nitrogens with one attached hydrogen (secondary N) is 1. The van der Waals surface area contributed by atoms with E-state index in [1.165, 1.54) is 13.2 Å². The topological polar surface area (TPSA) is 64.6 Å². The molecular formula is C20H15F2NO4. The van der Waals surface area contributed by atoms with Crippen LogP contribution in [0.4, 0.5) is 14.5 Å². The number of ether oxygens (including phenoxy) is 2. The number of hydrogen-bond acceptors (Lipinski definition) is 4. The van der Waals surface area contributed by atoms with Gasteiger partial charge >= 0.3 is 5.97 Å². The van der Waals surface area contributed by atoms with Crippen LogP contribution in [0.25, 0.3) is 10.8 Å². The summed E-state index contributed by atoms with van der Waals surface area (Å²) in [6, 6.07) is 13.3. The molecule has 3 aromatic carbocycles. The second-order valence-electron chi connectivity index (χ2n) is 5.61. The number of fused-ring (bicyclic) bond motifs is 1. The number of esters is 1. The van der Waals surface area contributed by atoms with E-state index in [1.807, 2.05) is 6.07 Å². The van der Waals surface area contributed by atoms with Gasteiger partial charge in [0, 0.05) is 17.1 Å². The van der Waals surface area contributed by atoms with E-state index in [0.29, 0.717) is 11.1 Å². The highest BCUT2D eigenvalue weighted by atomic mass is 19.2. The first-order valence-corrected chi connectivity index (χ1v) is 7.97. The third-order valence-corrected chi connectivity index (χ3v) is 3.86. The van der Waals surface area contributed by atoms with Crippen molar-refractivity contribution in [3.63, 3.8) is 0 Å². The van der Waals surface area contributed by atoms with Crippen molar-refractivity contribution in [3.05, 3.63) is 71.8 Å². The summed E-state index contributed by atoms with van der Waals surface area (Å²) >= 11 is 0. The largest absolute Gasteiger partial charge is 0.496 e. The van der Waals surface area contributed by atoms with Crippen molar-refractivity contribution in [2.75, 3.05) is 19.0 Å². The molecule has 3 aromatic rings.